The molecule has 22 heavy (non-hydrogen) atoms. The van der Waals surface area contributed by atoms with E-state index >= 15 is 0 Å². The fraction of sp³-hybridized carbons (Fsp3) is 0.400. The average molecular weight is 341 g/mol. The maximum Gasteiger partial charge on any atom is 0.256 e. The van der Waals surface area contributed by atoms with Gasteiger partial charge in [0.25, 0.3) is 5.91 Å². The van der Waals surface area contributed by atoms with Gasteiger partial charge in [-0.05, 0) is 31.5 Å². The standard InChI is InChI=1S/C15H17ClN2O3S/c1-2-18(11-5-6-22(20,21)9-11)15(19)13-8-17-14-4-3-10(16)7-12(13)14/h3-4,7-8,11,17H,2,5-6,9H2,1H3. The van der Waals surface area contributed by atoms with E-state index in [1.165, 1.54) is 0 Å². The van der Waals surface area contributed by atoms with E-state index in [4.69, 9.17) is 11.6 Å². The molecular weight excluding hydrogens is 324 g/mol. The van der Waals surface area contributed by atoms with E-state index in [1.54, 1.807) is 23.2 Å². The Morgan fingerprint density at radius 1 is 1.45 bits per heavy atom. The molecule has 1 aromatic heterocycles. The second kappa shape index (κ2) is 5.59. The lowest BCUT2D eigenvalue weighted by Crippen LogP contribution is -2.40. The van der Waals surface area contributed by atoms with Crippen molar-refractivity contribution in [1.82, 2.24) is 9.88 Å². The van der Waals surface area contributed by atoms with Gasteiger partial charge in [-0.1, -0.05) is 11.6 Å². The van der Waals surface area contributed by atoms with E-state index in [9.17, 15) is 13.2 Å². The monoisotopic (exact) mass is 340 g/mol. The highest BCUT2D eigenvalue weighted by Gasteiger charge is 2.34. The van der Waals surface area contributed by atoms with Crippen molar-refractivity contribution in [3.05, 3.63) is 35.0 Å². The summed E-state index contributed by atoms with van der Waals surface area (Å²) in [7, 11) is -3.02. The van der Waals surface area contributed by atoms with E-state index in [-0.39, 0.29) is 23.5 Å². The van der Waals surface area contributed by atoms with Crippen molar-refractivity contribution < 1.29 is 13.2 Å². The van der Waals surface area contributed by atoms with E-state index in [0.717, 1.165) is 10.9 Å². The van der Waals surface area contributed by atoms with Crippen molar-refractivity contribution in [3.63, 3.8) is 0 Å². The summed E-state index contributed by atoms with van der Waals surface area (Å²) in [4.78, 5) is 17.5. The van der Waals surface area contributed by atoms with Crippen LogP contribution in [0, 0.1) is 0 Å². The van der Waals surface area contributed by atoms with Gasteiger partial charge < -0.3 is 9.88 Å². The first-order chi connectivity index (χ1) is 10.4. The zero-order chi connectivity index (χ0) is 15.9. The Morgan fingerprint density at radius 2 is 2.23 bits per heavy atom. The summed E-state index contributed by atoms with van der Waals surface area (Å²) in [5.41, 5.74) is 1.37. The second-order valence-corrected chi connectivity index (χ2v) is 8.21. The van der Waals surface area contributed by atoms with Crippen LogP contribution in [0.15, 0.2) is 24.4 Å². The summed E-state index contributed by atoms with van der Waals surface area (Å²) < 4.78 is 23.3. The molecule has 1 atom stereocenters. The first kappa shape index (κ1) is 15.4. The number of nitrogens with zero attached hydrogens (tertiary/aromatic N) is 1. The number of halogens is 1. The summed E-state index contributed by atoms with van der Waals surface area (Å²) in [6, 6.07) is 5.09. The van der Waals surface area contributed by atoms with Crippen molar-refractivity contribution in [3.8, 4) is 0 Å². The molecule has 1 unspecified atom stereocenters. The van der Waals surface area contributed by atoms with Gasteiger partial charge in [0.05, 0.1) is 17.1 Å². The number of fused-ring (bicyclic) bond motifs is 1. The predicted molar refractivity (Wildman–Crippen MR) is 87.1 cm³/mol. The summed E-state index contributed by atoms with van der Waals surface area (Å²) in [6.07, 6.45) is 2.17. The maximum absolute atomic E-state index is 12.8. The third-order valence-corrected chi connectivity index (χ3v) is 6.11. The number of benzene rings is 1. The van der Waals surface area contributed by atoms with Crippen molar-refractivity contribution in [2.45, 2.75) is 19.4 Å². The van der Waals surface area contributed by atoms with Crippen molar-refractivity contribution >= 4 is 38.2 Å². The number of nitrogens with one attached hydrogen (secondary N) is 1. The Kier molecular flexibility index (Phi) is 3.91. The number of aromatic nitrogens is 1. The molecule has 2 heterocycles. The molecule has 1 N–H and O–H groups in total. The molecule has 3 rings (SSSR count). The molecule has 2 aromatic rings. The molecule has 7 heteroatoms. The lowest BCUT2D eigenvalue weighted by Gasteiger charge is -2.26. The zero-order valence-electron chi connectivity index (χ0n) is 12.2. The van der Waals surface area contributed by atoms with Gasteiger partial charge in [0.15, 0.2) is 9.84 Å². The molecule has 0 radical (unpaired) electrons. The van der Waals surface area contributed by atoms with Crippen molar-refractivity contribution in [1.29, 1.82) is 0 Å². The smallest absolute Gasteiger partial charge is 0.256 e. The number of aromatic amines is 1. The van der Waals surface area contributed by atoms with Crippen molar-refractivity contribution in [2.24, 2.45) is 0 Å². The summed E-state index contributed by atoms with van der Waals surface area (Å²) in [5.74, 6) is 0.0507. The number of hydrogen-bond donors (Lipinski definition) is 1. The Labute approximate surface area is 134 Å². The summed E-state index contributed by atoms with van der Waals surface area (Å²) >= 11 is 6.01. The molecule has 0 bridgehead atoms. The maximum atomic E-state index is 12.8. The molecule has 1 saturated heterocycles. The molecule has 0 saturated carbocycles. The van der Waals surface area contributed by atoms with Crippen LogP contribution in [0.2, 0.25) is 5.02 Å². The lowest BCUT2D eigenvalue weighted by atomic mass is 10.1. The molecular formula is C15H17ClN2O3S. The van der Waals surface area contributed by atoms with E-state index in [2.05, 4.69) is 4.98 Å². The van der Waals surface area contributed by atoms with Crippen LogP contribution in [0.25, 0.3) is 10.9 Å². The molecule has 1 aliphatic heterocycles. The quantitative estimate of drug-likeness (QED) is 0.933. The molecule has 1 aliphatic rings. The van der Waals surface area contributed by atoms with Gasteiger partial charge >= 0.3 is 0 Å². The number of carbonyl (C=O) groups excluding carboxylic acids is 1. The molecule has 5 nitrogen and oxygen atoms in total. The van der Waals surface area contributed by atoms with Crippen molar-refractivity contribution in [2.75, 3.05) is 18.1 Å². The van der Waals surface area contributed by atoms with Crippen LogP contribution in [0.3, 0.4) is 0 Å². The predicted octanol–water partition coefficient (Wildman–Crippen LogP) is 2.47. The highest BCUT2D eigenvalue weighted by atomic mass is 35.5. The van der Waals surface area contributed by atoms with Crippen LogP contribution in [0.1, 0.15) is 23.7 Å². The topological polar surface area (TPSA) is 70.2 Å². The van der Waals surface area contributed by atoms with E-state index in [1.807, 2.05) is 13.0 Å². The van der Waals surface area contributed by atoms with Gasteiger partial charge in [-0.2, -0.15) is 0 Å². The number of sulfone groups is 1. The third-order valence-electron chi connectivity index (χ3n) is 4.12. The summed E-state index contributed by atoms with van der Waals surface area (Å²) in [6.45, 7) is 2.34. The highest BCUT2D eigenvalue weighted by Crippen LogP contribution is 2.26. The molecule has 1 fully saturated rings. The normalized spacial score (nSPS) is 20.4. The molecule has 0 spiro atoms. The minimum atomic E-state index is -3.02. The molecule has 1 amide bonds. The highest BCUT2D eigenvalue weighted by molar-refractivity contribution is 7.91. The Bertz CT molecular complexity index is 828. The first-order valence-electron chi connectivity index (χ1n) is 7.19. The zero-order valence-corrected chi connectivity index (χ0v) is 13.7. The summed E-state index contributed by atoms with van der Waals surface area (Å²) in [5, 5.41) is 1.32. The van der Waals surface area contributed by atoms with Crippen LogP contribution in [-0.2, 0) is 9.84 Å². The van der Waals surface area contributed by atoms with Crippen LogP contribution in [0.5, 0.6) is 0 Å². The lowest BCUT2D eigenvalue weighted by molar-refractivity contribution is 0.0710. The van der Waals surface area contributed by atoms with Crippen LogP contribution in [0.4, 0.5) is 0 Å². The number of rotatable bonds is 3. The number of amides is 1. The third kappa shape index (κ3) is 2.73. The van der Waals surface area contributed by atoms with Crippen LogP contribution in [-0.4, -0.2) is 48.3 Å². The van der Waals surface area contributed by atoms with Gasteiger partial charge in [-0.15, -0.1) is 0 Å². The Morgan fingerprint density at radius 3 is 2.86 bits per heavy atom. The molecule has 118 valence electrons. The SMILES string of the molecule is CCN(C(=O)c1c[nH]c2ccc(Cl)cc12)C1CCS(=O)(=O)C1. The fourth-order valence-corrected chi connectivity index (χ4v) is 4.92. The largest absolute Gasteiger partial charge is 0.360 e. The van der Waals surface area contributed by atoms with Crippen LogP contribution >= 0.6 is 11.6 Å². The Hall–Kier alpha value is -1.53. The van der Waals surface area contributed by atoms with Gasteiger partial charge in [-0.3, -0.25) is 4.79 Å². The first-order valence-corrected chi connectivity index (χ1v) is 9.39. The molecule has 0 aliphatic carbocycles. The van der Waals surface area contributed by atoms with Gasteiger partial charge in [0.1, 0.15) is 0 Å². The molecule has 1 aromatic carbocycles. The van der Waals surface area contributed by atoms with Crippen LogP contribution < -0.4 is 0 Å². The average Bonchev–Trinajstić information content (AvgIpc) is 3.02. The minimum absolute atomic E-state index is 0.0513. The number of hydrogen-bond acceptors (Lipinski definition) is 3. The second-order valence-electron chi connectivity index (χ2n) is 5.54. The van der Waals surface area contributed by atoms with E-state index in [0.29, 0.717) is 23.6 Å². The minimum Gasteiger partial charge on any atom is -0.360 e. The number of carbonyl (C=O) groups is 1. The fourth-order valence-electron chi connectivity index (χ4n) is 3.01. The Balaban J connectivity index is 1.95. The van der Waals surface area contributed by atoms with Gasteiger partial charge in [0.2, 0.25) is 0 Å². The van der Waals surface area contributed by atoms with Gasteiger partial charge in [-0.25, -0.2) is 8.42 Å². The number of H-pyrrole nitrogens is 1. The van der Waals surface area contributed by atoms with Gasteiger partial charge in [0, 0.05) is 34.7 Å². The van der Waals surface area contributed by atoms with E-state index < -0.39 is 9.84 Å².